The van der Waals surface area contributed by atoms with Crippen LogP contribution in [0.1, 0.15) is 49.5 Å². The van der Waals surface area contributed by atoms with Gasteiger partial charge in [0.15, 0.2) is 0 Å². The summed E-state index contributed by atoms with van der Waals surface area (Å²) in [5.74, 6) is 0.569. The fourth-order valence-electron chi connectivity index (χ4n) is 1.85. The Kier molecular flexibility index (Phi) is 3.07. The fraction of sp³-hybridized carbons (Fsp3) is 0.727. The van der Waals surface area contributed by atoms with Crippen LogP contribution in [-0.2, 0) is 6.54 Å². The number of hydrogen-bond acceptors (Lipinski definition) is 3. The highest BCUT2D eigenvalue weighted by molar-refractivity contribution is 5.27. The first kappa shape index (κ1) is 10.6. The van der Waals surface area contributed by atoms with E-state index in [4.69, 9.17) is 5.73 Å². The van der Waals surface area contributed by atoms with Crippen LogP contribution >= 0.6 is 0 Å². The van der Waals surface area contributed by atoms with E-state index in [9.17, 15) is 5.11 Å². The highest BCUT2D eigenvalue weighted by Gasteiger charge is 2.30. The molecule has 1 fully saturated rings. The van der Waals surface area contributed by atoms with Gasteiger partial charge in [0, 0.05) is 30.8 Å². The summed E-state index contributed by atoms with van der Waals surface area (Å²) in [5.41, 5.74) is 7.50. The van der Waals surface area contributed by atoms with Crippen molar-refractivity contribution < 1.29 is 5.11 Å². The van der Waals surface area contributed by atoms with Crippen molar-refractivity contribution in [1.82, 2.24) is 9.78 Å². The van der Waals surface area contributed by atoms with E-state index in [1.165, 1.54) is 12.8 Å². The first-order valence-corrected chi connectivity index (χ1v) is 5.71. The molecule has 0 aromatic carbocycles. The molecule has 0 amide bonds. The molecular weight excluding hydrogens is 190 g/mol. The van der Waals surface area contributed by atoms with E-state index in [1.54, 1.807) is 0 Å². The molecule has 3 N–H and O–H groups in total. The second-order valence-electron chi connectivity index (χ2n) is 4.26. The third kappa shape index (κ3) is 2.21. The molecule has 0 spiro atoms. The van der Waals surface area contributed by atoms with E-state index >= 15 is 0 Å². The number of nitrogens with zero attached hydrogens (tertiary/aromatic N) is 2. The zero-order chi connectivity index (χ0) is 10.8. The van der Waals surface area contributed by atoms with Gasteiger partial charge in [0.25, 0.3) is 0 Å². The van der Waals surface area contributed by atoms with Gasteiger partial charge in [0.05, 0.1) is 11.8 Å². The molecule has 1 unspecified atom stereocenters. The highest BCUT2D eigenvalue weighted by Crippen LogP contribution is 2.42. The van der Waals surface area contributed by atoms with Crippen LogP contribution in [0, 0.1) is 0 Å². The predicted molar refractivity (Wildman–Crippen MR) is 58.5 cm³/mol. The molecule has 4 heteroatoms. The van der Waals surface area contributed by atoms with Crippen LogP contribution in [0.2, 0.25) is 0 Å². The Hall–Kier alpha value is -0.870. The molecule has 0 bridgehead atoms. The molecule has 0 radical (unpaired) electrons. The Balaban J connectivity index is 2.24. The Morgan fingerprint density at radius 3 is 2.93 bits per heavy atom. The summed E-state index contributed by atoms with van der Waals surface area (Å²) in [6.45, 7) is 3.31. The first-order valence-electron chi connectivity index (χ1n) is 5.71. The Morgan fingerprint density at radius 2 is 2.40 bits per heavy atom. The van der Waals surface area contributed by atoms with Crippen LogP contribution in [0.25, 0.3) is 0 Å². The second kappa shape index (κ2) is 4.33. The Morgan fingerprint density at radius 1 is 1.67 bits per heavy atom. The van der Waals surface area contributed by atoms with E-state index in [0.717, 1.165) is 24.2 Å². The molecule has 2 rings (SSSR count). The molecule has 1 atom stereocenters. The summed E-state index contributed by atoms with van der Waals surface area (Å²) in [6, 6.07) is 0. The van der Waals surface area contributed by atoms with Crippen LogP contribution in [-0.4, -0.2) is 21.4 Å². The topological polar surface area (TPSA) is 64.1 Å². The van der Waals surface area contributed by atoms with Gasteiger partial charge in [-0.25, -0.2) is 0 Å². The van der Waals surface area contributed by atoms with E-state index in [0.29, 0.717) is 5.92 Å². The molecule has 1 saturated carbocycles. The maximum absolute atomic E-state index is 9.79. The Labute approximate surface area is 90.1 Å². The molecule has 1 aromatic rings. The maximum Gasteiger partial charge on any atom is 0.0945 e. The third-order valence-corrected chi connectivity index (χ3v) is 2.82. The number of aryl methyl sites for hydroxylation is 1. The molecular formula is C11H19N3O. The zero-order valence-corrected chi connectivity index (χ0v) is 9.19. The lowest BCUT2D eigenvalue weighted by molar-refractivity contribution is 0.185. The van der Waals surface area contributed by atoms with Crippen molar-refractivity contribution in [2.45, 2.75) is 44.8 Å². The summed E-state index contributed by atoms with van der Waals surface area (Å²) >= 11 is 0. The van der Waals surface area contributed by atoms with Crippen molar-refractivity contribution >= 4 is 0 Å². The first-order chi connectivity index (χ1) is 7.26. The van der Waals surface area contributed by atoms with Gasteiger partial charge >= 0.3 is 0 Å². The van der Waals surface area contributed by atoms with E-state index in [1.807, 2.05) is 10.9 Å². The largest absolute Gasteiger partial charge is 0.387 e. The highest BCUT2D eigenvalue weighted by atomic mass is 16.3. The molecule has 1 aliphatic carbocycles. The van der Waals surface area contributed by atoms with Crippen molar-refractivity contribution in [1.29, 1.82) is 0 Å². The number of aliphatic hydroxyl groups excluding tert-OH is 1. The van der Waals surface area contributed by atoms with Crippen molar-refractivity contribution in [2.75, 3.05) is 6.54 Å². The lowest BCUT2D eigenvalue weighted by Gasteiger charge is -2.06. The third-order valence-electron chi connectivity index (χ3n) is 2.82. The minimum Gasteiger partial charge on any atom is -0.387 e. The lowest BCUT2D eigenvalue weighted by atomic mass is 10.1. The smallest absolute Gasteiger partial charge is 0.0945 e. The monoisotopic (exact) mass is 209 g/mol. The molecule has 0 saturated heterocycles. The predicted octanol–water partition coefficient (Wildman–Crippen LogP) is 1.16. The van der Waals surface area contributed by atoms with Gasteiger partial charge in [-0.2, -0.15) is 5.10 Å². The van der Waals surface area contributed by atoms with E-state index < -0.39 is 6.10 Å². The van der Waals surface area contributed by atoms with Crippen LogP contribution in [0.15, 0.2) is 6.20 Å². The van der Waals surface area contributed by atoms with Crippen molar-refractivity contribution in [2.24, 2.45) is 5.73 Å². The summed E-state index contributed by atoms with van der Waals surface area (Å²) in [5, 5.41) is 14.3. The summed E-state index contributed by atoms with van der Waals surface area (Å²) < 4.78 is 1.93. The molecule has 15 heavy (non-hydrogen) atoms. The zero-order valence-electron chi connectivity index (χ0n) is 9.19. The van der Waals surface area contributed by atoms with Crippen molar-refractivity contribution in [3.63, 3.8) is 0 Å². The molecule has 1 heterocycles. The molecule has 1 aromatic heterocycles. The quantitative estimate of drug-likeness (QED) is 0.765. The SMILES string of the molecule is CCCn1cc(C(O)CN)c(C2CC2)n1. The van der Waals surface area contributed by atoms with Gasteiger partial charge in [-0.15, -0.1) is 0 Å². The van der Waals surface area contributed by atoms with Gasteiger partial charge in [0.2, 0.25) is 0 Å². The Bertz CT molecular complexity index is 331. The maximum atomic E-state index is 9.79. The van der Waals surface area contributed by atoms with Crippen LogP contribution in [0.3, 0.4) is 0 Å². The van der Waals surface area contributed by atoms with Crippen LogP contribution in [0.4, 0.5) is 0 Å². The summed E-state index contributed by atoms with van der Waals surface area (Å²) in [7, 11) is 0. The number of aliphatic hydroxyl groups is 1. The van der Waals surface area contributed by atoms with E-state index in [-0.39, 0.29) is 6.54 Å². The van der Waals surface area contributed by atoms with E-state index in [2.05, 4.69) is 12.0 Å². The van der Waals surface area contributed by atoms with Crippen LogP contribution in [0.5, 0.6) is 0 Å². The summed E-state index contributed by atoms with van der Waals surface area (Å²) in [6.07, 6.45) is 4.87. The number of hydrogen-bond donors (Lipinski definition) is 2. The van der Waals surface area contributed by atoms with Gasteiger partial charge in [-0.3, -0.25) is 4.68 Å². The van der Waals surface area contributed by atoms with Gasteiger partial charge in [0.1, 0.15) is 0 Å². The molecule has 0 aliphatic heterocycles. The van der Waals surface area contributed by atoms with Gasteiger partial charge < -0.3 is 10.8 Å². The van der Waals surface area contributed by atoms with Gasteiger partial charge in [-0.1, -0.05) is 6.92 Å². The van der Waals surface area contributed by atoms with Crippen LogP contribution < -0.4 is 5.73 Å². The van der Waals surface area contributed by atoms with Gasteiger partial charge in [-0.05, 0) is 19.3 Å². The number of rotatable bonds is 5. The molecule has 1 aliphatic rings. The fourth-order valence-corrected chi connectivity index (χ4v) is 1.85. The number of aromatic nitrogens is 2. The normalized spacial score (nSPS) is 18.1. The molecule has 84 valence electrons. The minimum atomic E-state index is -0.550. The van der Waals surface area contributed by atoms with Crippen molar-refractivity contribution in [3.05, 3.63) is 17.5 Å². The number of nitrogens with two attached hydrogens (primary N) is 1. The average Bonchev–Trinajstić information content (AvgIpc) is 3.00. The second-order valence-corrected chi connectivity index (χ2v) is 4.26. The minimum absolute atomic E-state index is 0.275. The lowest BCUT2D eigenvalue weighted by Crippen LogP contribution is -2.12. The average molecular weight is 209 g/mol. The van der Waals surface area contributed by atoms with Crippen molar-refractivity contribution in [3.8, 4) is 0 Å². The standard InChI is InChI=1S/C11H19N3O/c1-2-5-14-7-9(10(15)6-12)11(13-14)8-3-4-8/h7-8,10,15H,2-6,12H2,1H3. The molecule has 4 nitrogen and oxygen atoms in total. The summed E-state index contributed by atoms with van der Waals surface area (Å²) in [4.78, 5) is 0.